The normalized spacial score (nSPS) is 24.2. The summed E-state index contributed by atoms with van der Waals surface area (Å²) in [5.41, 5.74) is 6.91. The summed E-state index contributed by atoms with van der Waals surface area (Å²) < 4.78 is 12.0. The van der Waals surface area contributed by atoms with E-state index in [1.807, 2.05) is 34.6 Å². The first-order chi connectivity index (χ1) is 8.10. The Morgan fingerprint density at radius 3 is 2.00 bits per heavy atom. The maximum atomic E-state index is 6.05. The smallest absolute Gasteiger partial charge is 0.400 e. The minimum absolute atomic E-state index is 0.349. The summed E-state index contributed by atoms with van der Waals surface area (Å²) in [7, 11) is -0.396. The van der Waals surface area contributed by atoms with Crippen molar-refractivity contribution in [3.05, 3.63) is 22.3 Å². The van der Waals surface area contributed by atoms with Crippen molar-refractivity contribution in [2.24, 2.45) is 5.73 Å². The first-order valence-corrected chi connectivity index (χ1v) is 6.66. The summed E-state index contributed by atoms with van der Waals surface area (Å²) >= 11 is 5.86. The lowest BCUT2D eigenvalue weighted by Gasteiger charge is -2.32. The van der Waals surface area contributed by atoms with E-state index >= 15 is 0 Å². The van der Waals surface area contributed by atoms with Crippen molar-refractivity contribution in [1.29, 1.82) is 0 Å². The number of halogens is 1. The fraction of sp³-hybridized carbons (Fsp3) is 0.692. The van der Waals surface area contributed by atoms with Crippen LogP contribution in [-0.2, 0) is 9.31 Å². The van der Waals surface area contributed by atoms with Gasteiger partial charge in [0.15, 0.2) is 0 Å². The molecule has 18 heavy (non-hydrogen) atoms. The summed E-state index contributed by atoms with van der Waals surface area (Å²) in [4.78, 5) is 0. The SMILES string of the molecule is CC/C(B1OC(C)(C)C(C)(C)O1)=C(N)\C=C(/C)Cl. The van der Waals surface area contributed by atoms with Crippen molar-refractivity contribution < 1.29 is 9.31 Å². The molecule has 1 rings (SSSR count). The molecule has 0 aliphatic carbocycles. The lowest BCUT2D eigenvalue weighted by molar-refractivity contribution is 0.00578. The van der Waals surface area contributed by atoms with Gasteiger partial charge in [-0.3, -0.25) is 0 Å². The van der Waals surface area contributed by atoms with E-state index < -0.39 is 7.12 Å². The number of allylic oxidation sites excluding steroid dienone is 3. The molecule has 0 unspecified atom stereocenters. The molecular formula is C13H23BClNO2. The molecule has 1 aliphatic rings. The van der Waals surface area contributed by atoms with Gasteiger partial charge < -0.3 is 15.0 Å². The third-order valence-electron chi connectivity index (χ3n) is 3.64. The molecular weight excluding hydrogens is 248 g/mol. The quantitative estimate of drug-likeness (QED) is 0.632. The van der Waals surface area contributed by atoms with Crippen LogP contribution >= 0.6 is 11.6 Å². The highest BCUT2D eigenvalue weighted by Crippen LogP contribution is 2.39. The number of nitrogens with two attached hydrogens (primary N) is 1. The number of hydrogen-bond donors (Lipinski definition) is 1. The molecule has 0 bridgehead atoms. The highest BCUT2D eigenvalue weighted by atomic mass is 35.5. The molecule has 0 aromatic carbocycles. The Hall–Kier alpha value is -0.445. The first-order valence-electron chi connectivity index (χ1n) is 6.28. The van der Waals surface area contributed by atoms with Crippen LogP contribution in [0.5, 0.6) is 0 Å². The van der Waals surface area contributed by atoms with Gasteiger partial charge in [-0.25, -0.2) is 0 Å². The van der Waals surface area contributed by atoms with E-state index in [0.29, 0.717) is 10.7 Å². The summed E-state index contributed by atoms with van der Waals surface area (Å²) in [5, 5.41) is 0.648. The van der Waals surface area contributed by atoms with Crippen molar-refractivity contribution in [3.8, 4) is 0 Å². The van der Waals surface area contributed by atoms with E-state index in [1.54, 1.807) is 13.0 Å². The van der Waals surface area contributed by atoms with Crippen molar-refractivity contribution in [2.75, 3.05) is 0 Å². The minimum atomic E-state index is -0.396. The number of rotatable bonds is 3. The first kappa shape index (κ1) is 15.6. The van der Waals surface area contributed by atoms with Crippen LogP contribution in [0.4, 0.5) is 0 Å². The van der Waals surface area contributed by atoms with Gasteiger partial charge in [-0.15, -0.1) is 0 Å². The predicted molar refractivity (Wildman–Crippen MR) is 77.2 cm³/mol. The Kier molecular flexibility index (Phi) is 4.58. The van der Waals surface area contributed by atoms with Gasteiger partial charge >= 0.3 is 7.12 Å². The molecule has 0 spiro atoms. The molecule has 0 aromatic heterocycles. The van der Waals surface area contributed by atoms with Gasteiger partial charge in [0.25, 0.3) is 0 Å². The molecule has 0 atom stereocenters. The van der Waals surface area contributed by atoms with Crippen LogP contribution in [0.1, 0.15) is 48.0 Å². The van der Waals surface area contributed by atoms with Gasteiger partial charge in [-0.05, 0) is 52.6 Å². The zero-order valence-corrected chi connectivity index (χ0v) is 12.9. The second-order valence-corrected chi connectivity index (χ2v) is 6.25. The molecule has 0 amide bonds. The van der Waals surface area contributed by atoms with Gasteiger partial charge in [0, 0.05) is 10.7 Å². The largest absolute Gasteiger partial charge is 0.492 e. The molecule has 1 heterocycles. The summed E-state index contributed by atoms with van der Waals surface area (Å²) in [6, 6.07) is 0. The molecule has 1 aliphatic heterocycles. The molecule has 3 nitrogen and oxygen atoms in total. The Labute approximate surface area is 115 Å². The van der Waals surface area contributed by atoms with Crippen LogP contribution < -0.4 is 5.73 Å². The lowest BCUT2D eigenvalue weighted by Crippen LogP contribution is -2.41. The van der Waals surface area contributed by atoms with Crippen molar-refractivity contribution in [3.63, 3.8) is 0 Å². The average Bonchev–Trinajstić information content (AvgIpc) is 2.35. The van der Waals surface area contributed by atoms with Gasteiger partial charge in [-0.1, -0.05) is 18.5 Å². The van der Waals surface area contributed by atoms with Crippen LogP contribution in [0.25, 0.3) is 0 Å². The van der Waals surface area contributed by atoms with E-state index in [4.69, 9.17) is 26.6 Å². The fourth-order valence-electron chi connectivity index (χ4n) is 1.80. The van der Waals surface area contributed by atoms with Gasteiger partial charge in [0.1, 0.15) is 0 Å². The monoisotopic (exact) mass is 271 g/mol. The van der Waals surface area contributed by atoms with Gasteiger partial charge in [0.2, 0.25) is 0 Å². The Morgan fingerprint density at radius 1 is 1.22 bits per heavy atom. The van der Waals surface area contributed by atoms with Crippen LogP contribution in [-0.4, -0.2) is 18.3 Å². The minimum Gasteiger partial charge on any atom is -0.400 e. The molecule has 2 N–H and O–H groups in total. The Bertz CT molecular complexity index is 368. The van der Waals surface area contributed by atoms with Crippen molar-refractivity contribution >= 4 is 18.7 Å². The maximum Gasteiger partial charge on any atom is 0.492 e. The Balaban J connectivity index is 3.05. The molecule has 1 saturated heterocycles. The molecule has 1 fully saturated rings. The highest BCUT2D eigenvalue weighted by molar-refractivity contribution is 6.54. The third-order valence-corrected chi connectivity index (χ3v) is 3.75. The van der Waals surface area contributed by atoms with E-state index in [0.717, 1.165) is 11.9 Å². The lowest BCUT2D eigenvalue weighted by atomic mass is 9.75. The van der Waals surface area contributed by atoms with Gasteiger partial charge in [0.05, 0.1) is 11.2 Å². The van der Waals surface area contributed by atoms with E-state index in [1.165, 1.54) is 0 Å². The topological polar surface area (TPSA) is 44.5 Å². The summed E-state index contributed by atoms with van der Waals surface area (Å²) in [5.74, 6) is 0. The Morgan fingerprint density at radius 2 is 1.67 bits per heavy atom. The number of hydrogen-bond acceptors (Lipinski definition) is 3. The van der Waals surface area contributed by atoms with Gasteiger partial charge in [-0.2, -0.15) is 0 Å². The second-order valence-electron chi connectivity index (χ2n) is 5.65. The molecule has 0 aromatic rings. The molecule has 102 valence electrons. The van der Waals surface area contributed by atoms with Crippen LogP contribution in [0.3, 0.4) is 0 Å². The fourth-order valence-corrected chi connectivity index (χ4v) is 1.92. The summed E-state index contributed by atoms with van der Waals surface area (Å²) in [6.45, 7) is 11.9. The van der Waals surface area contributed by atoms with Crippen LogP contribution in [0.15, 0.2) is 22.3 Å². The van der Waals surface area contributed by atoms with Crippen LogP contribution in [0.2, 0.25) is 0 Å². The predicted octanol–water partition coefficient (Wildman–Crippen LogP) is 3.38. The zero-order valence-electron chi connectivity index (χ0n) is 12.1. The second kappa shape index (κ2) is 5.28. The molecule has 5 heteroatoms. The standard InChI is InChI=1S/C13H23BClNO2/c1-7-10(11(16)8-9(2)15)14-17-12(3,4)13(5,6)18-14/h8H,7,16H2,1-6H3/b9-8+,11-10-. The average molecular weight is 272 g/mol. The maximum absolute atomic E-state index is 6.05. The van der Waals surface area contributed by atoms with Crippen molar-refractivity contribution in [2.45, 2.75) is 59.2 Å². The van der Waals surface area contributed by atoms with E-state index in [9.17, 15) is 0 Å². The molecule has 0 saturated carbocycles. The summed E-state index contributed by atoms with van der Waals surface area (Å²) in [6.07, 6.45) is 2.51. The van der Waals surface area contributed by atoms with E-state index in [-0.39, 0.29) is 11.2 Å². The van der Waals surface area contributed by atoms with E-state index in [2.05, 4.69) is 0 Å². The third kappa shape index (κ3) is 3.11. The zero-order chi connectivity index (χ0) is 14.1. The highest BCUT2D eigenvalue weighted by Gasteiger charge is 2.52. The van der Waals surface area contributed by atoms with Crippen LogP contribution in [0, 0.1) is 0 Å². The molecule has 0 radical (unpaired) electrons. The van der Waals surface area contributed by atoms with Crippen molar-refractivity contribution in [1.82, 2.24) is 0 Å².